The highest BCUT2D eigenvalue weighted by Crippen LogP contribution is 2.17. The molecule has 0 heterocycles. The molecule has 0 radical (unpaired) electrons. The summed E-state index contributed by atoms with van der Waals surface area (Å²) < 4.78 is 25.6. The fourth-order valence-electron chi connectivity index (χ4n) is 2.70. The minimum Gasteiger partial charge on any atom is -0.396 e. The molecule has 2 aromatic carbocycles. The number of nitrogens with zero attached hydrogens (tertiary/aromatic N) is 1. The zero-order chi connectivity index (χ0) is 20.4. The third kappa shape index (κ3) is 9.01. The fraction of sp³-hybridized carbons (Fsp3) is 0.350. The van der Waals surface area contributed by atoms with Crippen molar-refractivity contribution >= 4 is 45.6 Å². The van der Waals surface area contributed by atoms with Crippen molar-refractivity contribution in [3.63, 3.8) is 0 Å². The van der Waals surface area contributed by atoms with E-state index in [-0.39, 0.29) is 36.5 Å². The monoisotopic (exact) mass is 532 g/mol. The second-order valence-electron chi connectivity index (χ2n) is 6.40. The van der Waals surface area contributed by atoms with Gasteiger partial charge in [-0.05, 0) is 24.1 Å². The Labute approximate surface area is 190 Å². The predicted molar refractivity (Wildman–Crippen MR) is 129 cm³/mol. The summed E-state index contributed by atoms with van der Waals surface area (Å²) in [5, 5.41) is 16.1. The number of sulfonamides is 1. The highest BCUT2D eigenvalue weighted by molar-refractivity contribution is 14.0. The lowest BCUT2D eigenvalue weighted by Crippen LogP contribution is -2.40. The average Bonchev–Trinajstić information content (AvgIpc) is 2.67. The van der Waals surface area contributed by atoms with E-state index in [0.29, 0.717) is 31.3 Å². The summed E-state index contributed by atoms with van der Waals surface area (Å²) in [4.78, 5) is 4.55. The molecule has 1 atom stereocenters. The smallest absolute Gasteiger partial charge is 0.229 e. The molecule has 0 amide bonds. The summed E-state index contributed by atoms with van der Waals surface area (Å²) in [6, 6.07) is 17.0. The Hall–Kier alpha value is -1.85. The maximum atomic E-state index is 11.5. The zero-order valence-corrected chi connectivity index (χ0v) is 19.8. The van der Waals surface area contributed by atoms with Crippen LogP contribution in [0.1, 0.15) is 24.0 Å². The number of nitrogens with one attached hydrogen (secondary N) is 3. The summed E-state index contributed by atoms with van der Waals surface area (Å²) in [6.07, 6.45) is 1.12. The standard InChI is InChI=1S/C20H28N4O3S.HI/c1-3-21-20(23-14-18(15-25)16-9-5-4-6-10-16)22-13-17-11-7-8-12-19(17)24-28(2,26)27;/h4-12,18,24-25H,3,13-15H2,1-2H3,(H2,21,22,23);1H. The van der Waals surface area contributed by atoms with Crippen molar-refractivity contribution in [1.82, 2.24) is 10.6 Å². The largest absolute Gasteiger partial charge is 0.396 e. The van der Waals surface area contributed by atoms with Gasteiger partial charge in [0.2, 0.25) is 10.0 Å². The normalized spacial score (nSPS) is 12.6. The first-order valence-electron chi connectivity index (χ1n) is 9.16. The first-order chi connectivity index (χ1) is 13.4. The second kappa shape index (κ2) is 12.7. The van der Waals surface area contributed by atoms with Crippen LogP contribution in [0.5, 0.6) is 0 Å². The highest BCUT2D eigenvalue weighted by Gasteiger charge is 2.11. The number of rotatable bonds is 9. The van der Waals surface area contributed by atoms with Crippen LogP contribution in [0, 0.1) is 0 Å². The van der Waals surface area contributed by atoms with Gasteiger partial charge in [-0.25, -0.2) is 13.4 Å². The van der Waals surface area contributed by atoms with E-state index in [1.165, 1.54) is 0 Å². The minimum absolute atomic E-state index is 0. The lowest BCUT2D eigenvalue weighted by molar-refractivity contribution is 0.265. The number of hydrogen-bond acceptors (Lipinski definition) is 4. The average molecular weight is 532 g/mol. The molecule has 2 aromatic rings. The molecule has 2 rings (SSSR count). The molecule has 0 fully saturated rings. The minimum atomic E-state index is -3.36. The van der Waals surface area contributed by atoms with Crippen molar-refractivity contribution in [3.05, 3.63) is 65.7 Å². The van der Waals surface area contributed by atoms with Crippen LogP contribution in [0.15, 0.2) is 59.6 Å². The van der Waals surface area contributed by atoms with Crippen LogP contribution < -0.4 is 15.4 Å². The van der Waals surface area contributed by atoms with Gasteiger partial charge in [-0.3, -0.25) is 4.72 Å². The molecule has 0 aromatic heterocycles. The molecule has 0 saturated carbocycles. The van der Waals surface area contributed by atoms with Gasteiger partial charge in [0.1, 0.15) is 0 Å². The number of benzene rings is 2. The molecule has 0 aliphatic carbocycles. The van der Waals surface area contributed by atoms with Gasteiger partial charge in [-0.15, -0.1) is 24.0 Å². The Kier molecular flexibility index (Phi) is 11.0. The summed E-state index contributed by atoms with van der Waals surface area (Å²) >= 11 is 0. The van der Waals surface area contributed by atoms with Gasteiger partial charge in [-0.1, -0.05) is 48.5 Å². The highest BCUT2D eigenvalue weighted by atomic mass is 127. The first kappa shape index (κ1) is 25.2. The third-order valence-corrected chi connectivity index (χ3v) is 4.66. The molecule has 0 saturated heterocycles. The van der Waals surface area contributed by atoms with Crippen molar-refractivity contribution in [2.75, 3.05) is 30.7 Å². The third-order valence-electron chi connectivity index (χ3n) is 4.07. The molecule has 160 valence electrons. The Morgan fingerprint density at radius 2 is 1.72 bits per heavy atom. The van der Waals surface area contributed by atoms with Gasteiger partial charge in [0.05, 0.1) is 25.1 Å². The summed E-state index contributed by atoms with van der Waals surface area (Å²) in [5.74, 6) is 0.551. The van der Waals surface area contributed by atoms with Gasteiger partial charge >= 0.3 is 0 Å². The predicted octanol–water partition coefficient (Wildman–Crippen LogP) is 2.51. The summed E-state index contributed by atoms with van der Waals surface area (Å²) in [5.41, 5.74) is 2.34. The van der Waals surface area contributed by atoms with Crippen molar-refractivity contribution in [1.29, 1.82) is 0 Å². The number of guanidine groups is 1. The molecule has 7 nitrogen and oxygen atoms in total. The molecule has 0 spiro atoms. The molecular formula is C20H29IN4O3S. The fourth-order valence-corrected chi connectivity index (χ4v) is 3.29. The van der Waals surface area contributed by atoms with Gasteiger partial charge < -0.3 is 15.7 Å². The van der Waals surface area contributed by atoms with E-state index in [4.69, 9.17) is 0 Å². The topological polar surface area (TPSA) is 103 Å². The molecule has 0 aliphatic heterocycles. The van der Waals surface area contributed by atoms with E-state index in [9.17, 15) is 13.5 Å². The van der Waals surface area contributed by atoms with E-state index in [1.54, 1.807) is 12.1 Å². The maximum Gasteiger partial charge on any atom is 0.229 e. The van der Waals surface area contributed by atoms with Gasteiger partial charge in [0.15, 0.2) is 5.96 Å². The molecule has 4 N–H and O–H groups in total. The number of anilines is 1. The number of halogens is 1. The Morgan fingerprint density at radius 3 is 2.34 bits per heavy atom. The van der Waals surface area contributed by atoms with E-state index >= 15 is 0 Å². The van der Waals surface area contributed by atoms with Crippen LogP contribution in [0.3, 0.4) is 0 Å². The number of hydrogen-bond donors (Lipinski definition) is 4. The molecule has 0 bridgehead atoms. The molecular weight excluding hydrogens is 503 g/mol. The first-order valence-corrected chi connectivity index (χ1v) is 11.1. The summed E-state index contributed by atoms with van der Waals surface area (Å²) in [6.45, 7) is 3.51. The van der Waals surface area contributed by atoms with Crippen LogP contribution in [0.2, 0.25) is 0 Å². The number of para-hydroxylation sites is 1. The lowest BCUT2D eigenvalue weighted by atomic mass is 10.0. The molecule has 29 heavy (non-hydrogen) atoms. The van der Waals surface area contributed by atoms with Crippen molar-refractivity contribution in [2.45, 2.75) is 19.4 Å². The van der Waals surface area contributed by atoms with Crippen LogP contribution in [0.25, 0.3) is 0 Å². The van der Waals surface area contributed by atoms with Crippen LogP contribution in [-0.4, -0.2) is 45.4 Å². The van der Waals surface area contributed by atoms with Crippen molar-refractivity contribution in [3.8, 4) is 0 Å². The quantitative estimate of drug-likeness (QED) is 0.226. The Balaban J connectivity index is 0.00000420. The zero-order valence-electron chi connectivity index (χ0n) is 16.6. The maximum absolute atomic E-state index is 11.5. The van der Waals surface area contributed by atoms with E-state index in [2.05, 4.69) is 20.3 Å². The molecule has 0 aliphatic rings. The van der Waals surface area contributed by atoms with Gasteiger partial charge in [-0.2, -0.15) is 0 Å². The number of aliphatic hydroxyl groups is 1. The van der Waals surface area contributed by atoms with E-state index in [1.807, 2.05) is 49.4 Å². The van der Waals surface area contributed by atoms with Crippen LogP contribution in [0.4, 0.5) is 5.69 Å². The van der Waals surface area contributed by atoms with Crippen LogP contribution >= 0.6 is 24.0 Å². The second-order valence-corrected chi connectivity index (χ2v) is 8.15. The van der Waals surface area contributed by atoms with Gasteiger partial charge in [0, 0.05) is 19.0 Å². The van der Waals surface area contributed by atoms with Crippen LogP contribution in [-0.2, 0) is 16.6 Å². The molecule has 1 unspecified atom stereocenters. The summed E-state index contributed by atoms with van der Waals surface area (Å²) in [7, 11) is -3.36. The number of aliphatic imine (C=N–C) groups is 1. The van der Waals surface area contributed by atoms with E-state index < -0.39 is 10.0 Å². The van der Waals surface area contributed by atoms with Gasteiger partial charge in [0.25, 0.3) is 0 Å². The van der Waals surface area contributed by atoms with E-state index in [0.717, 1.165) is 17.4 Å². The lowest BCUT2D eigenvalue weighted by Gasteiger charge is -2.18. The van der Waals surface area contributed by atoms with Crippen molar-refractivity contribution < 1.29 is 13.5 Å². The number of aliphatic hydroxyl groups excluding tert-OH is 1. The van der Waals surface area contributed by atoms with Crippen molar-refractivity contribution in [2.24, 2.45) is 4.99 Å². The Morgan fingerprint density at radius 1 is 1.07 bits per heavy atom. The molecule has 9 heteroatoms. The Bertz CT molecular complexity index is 876. The SMILES string of the molecule is CCNC(=NCc1ccccc1NS(C)(=O)=O)NCC(CO)c1ccccc1.I.